The first-order chi connectivity index (χ1) is 8.72. The lowest BCUT2D eigenvalue weighted by atomic mass is 10.2. The summed E-state index contributed by atoms with van der Waals surface area (Å²) in [6.07, 6.45) is 0.799. The van der Waals surface area contributed by atoms with Crippen LogP contribution in [0.5, 0.6) is 17.2 Å². The Hall–Kier alpha value is -1.81. The summed E-state index contributed by atoms with van der Waals surface area (Å²) >= 11 is 3.39. The van der Waals surface area contributed by atoms with Crippen molar-refractivity contribution in [2.75, 3.05) is 7.11 Å². The molecule has 0 atom stereocenters. The zero-order valence-corrected chi connectivity index (χ0v) is 11.3. The van der Waals surface area contributed by atoms with Crippen LogP contribution in [0.25, 0.3) is 0 Å². The Labute approximate surface area is 113 Å². The summed E-state index contributed by atoms with van der Waals surface area (Å²) in [4.78, 5) is 10.5. The Kier molecular flexibility index (Phi) is 3.99. The van der Waals surface area contributed by atoms with Gasteiger partial charge in [-0.1, -0.05) is 0 Å². The molecule has 0 saturated heterocycles. The number of carbonyl (C=O) groups is 1. The standard InChI is InChI=1S/C14H11BrO3/c1-17-14-7-6-12(8-13(14)15)18-11-4-2-10(9-16)3-5-11/h2-9H,1H3. The summed E-state index contributed by atoms with van der Waals surface area (Å²) < 4.78 is 11.6. The molecule has 2 aromatic rings. The van der Waals surface area contributed by atoms with Crippen LogP contribution in [-0.2, 0) is 0 Å². The van der Waals surface area contributed by atoms with Gasteiger partial charge in [0.25, 0.3) is 0 Å². The third-order valence-corrected chi connectivity index (χ3v) is 2.99. The number of ether oxygens (including phenoxy) is 2. The van der Waals surface area contributed by atoms with Gasteiger partial charge in [-0.3, -0.25) is 4.79 Å². The van der Waals surface area contributed by atoms with Crippen LogP contribution in [0, 0.1) is 0 Å². The summed E-state index contributed by atoms with van der Waals surface area (Å²) in [5, 5.41) is 0. The maximum absolute atomic E-state index is 10.5. The van der Waals surface area contributed by atoms with Gasteiger partial charge in [0, 0.05) is 5.56 Å². The summed E-state index contributed by atoms with van der Waals surface area (Å²) in [5.74, 6) is 2.12. The van der Waals surface area contributed by atoms with Gasteiger partial charge in [0.1, 0.15) is 23.5 Å². The maximum atomic E-state index is 10.5. The molecule has 18 heavy (non-hydrogen) atoms. The zero-order chi connectivity index (χ0) is 13.0. The summed E-state index contributed by atoms with van der Waals surface area (Å²) in [6, 6.07) is 12.4. The van der Waals surface area contributed by atoms with Gasteiger partial charge in [0.15, 0.2) is 0 Å². The maximum Gasteiger partial charge on any atom is 0.150 e. The molecule has 2 rings (SSSR count). The molecule has 0 aliphatic rings. The van der Waals surface area contributed by atoms with E-state index in [2.05, 4.69) is 15.9 Å². The highest BCUT2D eigenvalue weighted by molar-refractivity contribution is 9.10. The van der Waals surface area contributed by atoms with Crippen LogP contribution in [0.15, 0.2) is 46.9 Å². The number of halogens is 1. The van der Waals surface area contributed by atoms with Crippen molar-refractivity contribution in [1.82, 2.24) is 0 Å². The third kappa shape index (κ3) is 2.90. The predicted octanol–water partition coefficient (Wildman–Crippen LogP) is 4.06. The van der Waals surface area contributed by atoms with E-state index in [0.717, 1.165) is 16.5 Å². The van der Waals surface area contributed by atoms with Crippen molar-refractivity contribution in [1.29, 1.82) is 0 Å². The van der Waals surface area contributed by atoms with Gasteiger partial charge in [-0.25, -0.2) is 0 Å². The molecule has 4 heteroatoms. The fourth-order valence-corrected chi connectivity index (χ4v) is 1.98. The molecule has 0 aliphatic carbocycles. The normalized spacial score (nSPS) is 9.89. The highest BCUT2D eigenvalue weighted by Gasteiger charge is 2.03. The van der Waals surface area contributed by atoms with E-state index < -0.39 is 0 Å². The SMILES string of the molecule is COc1ccc(Oc2ccc(C=O)cc2)cc1Br. The number of methoxy groups -OCH3 is 1. The van der Waals surface area contributed by atoms with E-state index in [1.165, 1.54) is 0 Å². The highest BCUT2D eigenvalue weighted by Crippen LogP contribution is 2.31. The number of hydrogen-bond acceptors (Lipinski definition) is 3. The van der Waals surface area contributed by atoms with Crippen molar-refractivity contribution < 1.29 is 14.3 Å². The Morgan fingerprint density at radius 1 is 1.06 bits per heavy atom. The number of hydrogen-bond donors (Lipinski definition) is 0. The molecule has 0 aromatic heterocycles. The molecule has 0 fully saturated rings. The van der Waals surface area contributed by atoms with Crippen molar-refractivity contribution in [3.8, 4) is 17.2 Å². The first kappa shape index (κ1) is 12.6. The fourth-order valence-electron chi connectivity index (χ4n) is 1.46. The second-order valence-electron chi connectivity index (χ2n) is 3.59. The molecule has 0 bridgehead atoms. The van der Waals surface area contributed by atoms with Crippen LogP contribution < -0.4 is 9.47 Å². The molecule has 0 N–H and O–H groups in total. The van der Waals surface area contributed by atoms with Crippen molar-refractivity contribution in [2.45, 2.75) is 0 Å². The van der Waals surface area contributed by atoms with Gasteiger partial charge < -0.3 is 9.47 Å². The Morgan fingerprint density at radius 3 is 2.28 bits per heavy atom. The molecule has 92 valence electrons. The van der Waals surface area contributed by atoms with Crippen LogP contribution in [0.3, 0.4) is 0 Å². The summed E-state index contributed by atoms with van der Waals surface area (Å²) in [6.45, 7) is 0. The lowest BCUT2D eigenvalue weighted by molar-refractivity contribution is 0.112. The molecule has 0 amide bonds. The Bertz CT molecular complexity index is 549. The van der Waals surface area contributed by atoms with Crippen molar-refractivity contribution in [2.24, 2.45) is 0 Å². The molecule has 0 unspecified atom stereocenters. The van der Waals surface area contributed by atoms with Crippen molar-refractivity contribution in [3.05, 3.63) is 52.5 Å². The number of aldehydes is 1. The van der Waals surface area contributed by atoms with E-state index in [1.54, 1.807) is 31.4 Å². The fraction of sp³-hybridized carbons (Fsp3) is 0.0714. The summed E-state index contributed by atoms with van der Waals surface area (Å²) in [7, 11) is 1.61. The third-order valence-electron chi connectivity index (χ3n) is 2.38. The van der Waals surface area contributed by atoms with Gasteiger partial charge in [-0.05, 0) is 58.4 Å². The minimum Gasteiger partial charge on any atom is -0.496 e. The van der Waals surface area contributed by atoms with Gasteiger partial charge in [-0.15, -0.1) is 0 Å². The monoisotopic (exact) mass is 306 g/mol. The van der Waals surface area contributed by atoms with Crippen LogP contribution in [0.1, 0.15) is 10.4 Å². The van der Waals surface area contributed by atoms with Gasteiger partial charge >= 0.3 is 0 Å². The van der Waals surface area contributed by atoms with E-state index in [9.17, 15) is 4.79 Å². The van der Waals surface area contributed by atoms with Crippen LogP contribution in [-0.4, -0.2) is 13.4 Å². The Balaban J connectivity index is 2.17. The first-order valence-corrected chi connectivity index (χ1v) is 6.09. The topological polar surface area (TPSA) is 35.5 Å². The molecule has 0 aliphatic heterocycles. The Morgan fingerprint density at radius 2 is 1.72 bits per heavy atom. The number of benzene rings is 2. The number of rotatable bonds is 4. The molecule has 0 saturated carbocycles. The van der Waals surface area contributed by atoms with E-state index in [1.807, 2.05) is 18.2 Å². The molecule has 0 heterocycles. The molecule has 2 aromatic carbocycles. The molecular formula is C14H11BrO3. The van der Waals surface area contributed by atoms with E-state index in [-0.39, 0.29) is 0 Å². The summed E-state index contributed by atoms with van der Waals surface area (Å²) in [5.41, 5.74) is 0.623. The first-order valence-electron chi connectivity index (χ1n) is 5.29. The predicted molar refractivity (Wildman–Crippen MR) is 72.6 cm³/mol. The van der Waals surface area contributed by atoms with Gasteiger partial charge in [-0.2, -0.15) is 0 Å². The molecule has 0 radical (unpaired) electrons. The molecular weight excluding hydrogens is 296 g/mol. The smallest absolute Gasteiger partial charge is 0.150 e. The lowest BCUT2D eigenvalue weighted by Crippen LogP contribution is -1.88. The second kappa shape index (κ2) is 5.69. The van der Waals surface area contributed by atoms with Gasteiger partial charge in [0.05, 0.1) is 11.6 Å². The van der Waals surface area contributed by atoms with Crippen LogP contribution in [0.4, 0.5) is 0 Å². The zero-order valence-electron chi connectivity index (χ0n) is 9.72. The second-order valence-corrected chi connectivity index (χ2v) is 4.44. The van der Waals surface area contributed by atoms with Crippen LogP contribution in [0.2, 0.25) is 0 Å². The number of carbonyl (C=O) groups excluding carboxylic acids is 1. The highest BCUT2D eigenvalue weighted by atomic mass is 79.9. The minimum absolute atomic E-state index is 0.623. The van der Waals surface area contributed by atoms with Crippen LogP contribution >= 0.6 is 15.9 Å². The quantitative estimate of drug-likeness (QED) is 0.799. The molecule has 0 spiro atoms. The van der Waals surface area contributed by atoms with Gasteiger partial charge in [0.2, 0.25) is 0 Å². The van der Waals surface area contributed by atoms with E-state index in [0.29, 0.717) is 17.1 Å². The van der Waals surface area contributed by atoms with Crippen molar-refractivity contribution >= 4 is 22.2 Å². The van der Waals surface area contributed by atoms with E-state index >= 15 is 0 Å². The van der Waals surface area contributed by atoms with Crippen molar-refractivity contribution in [3.63, 3.8) is 0 Å². The lowest BCUT2D eigenvalue weighted by Gasteiger charge is -2.08. The average molecular weight is 307 g/mol. The molecule has 3 nitrogen and oxygen atoms in total. The largest absolute Gasteiger partial charge is 0.496 e. The average Bonchev–Trinajstić information content (AvgIpc) is 2.40. The minimum atomic E-state index is 0.623. The van der Waals surface area contributed by atoms with E-state index in [4.69, 9.17) is 9.47 Å².